The molecule has 0 aliphatic carbocycles. The summed E-state index contributed by atoms with van der Waals surface area (Å²) in [5.41, 5.74) is -0.316. The van der Waals surface area contributed by atoms with Gasteiger partial charge in [-0.15, -0.1) is 0 Å². The van der Waals surface area contributed by atoms with Crippen LogP contribution >= 0.6 is 11.6 Å². The van der Waals surface area contributed by atoms with Crippen LogP contribution in [0.4, 0.5) is 5.69 Å². The molecule has 10 heteroatoms. The maximum atomic E-state index is 12.2. The van der Waals surface area contributed by atoms with Gasteiger partial charge in [0.25, 0.3) is 5.69 Å². The van der Waals surface area contributed by atoms with Gasteiger partial charge < -0.3 is 5.11 Å². The van der Waals surface area contributed by atoms with Gasteiger partial charge in [-0.3, -0.25) is 14.9 Å². The molecule has 0 saturated carbocycles. The van der Waals surface area contributed by atoms with Crippen molar-refractivity contribution in [3.8, 4) is 0 Å². The average molecular weight is 351 g/mol. The molecule has 0 aliphatic rings. The molecule has 1 rings (SSSR count). The predicted molar refractivity (Wildman–Crippen MR) is 79.5 cm³/mol. The number of benzene rings is 1. The molecular formula is C12H15ClN2O6S. The molecule has 0 spiro atoms. The highest BCUT2D eigenvalue weighted by molar-refractivity contribution is 7.89. The lowest BCUT2D eigenvalue weighted by atomic mass is 10.2. The second kappa shape index (κ2) is 7.03. The van der Waals surface area contributed by atoms with Crippen LogP contribution in [0.25, 0.3) is 0 Å². The zero-order valence-corrected chi connectivity index (χ0v) is 13.4. The number of carbonyl (C=O) groups is 1. The summed E-state index contributed by atoms with van der Waals surface area (Å²) < 4.78 is 26.4. The fraction of sp³-hybridized carbons (Fsp3) is 0.417. The Morgan fingerprint density at radius 3 is 2.55 bits per heavy atom. The van der Waals surface area contributed by atoms with Gasteiger partial charge in [0.2, 0.25) is 10.0 Å². The first-order valence-electron chi connectivity index (χ1n) is 6.29. The number of rotatable bonds is 7. The van der Waals surface area contributed by atoms with Crippen molar-refractivity contribution in [2.24, 2.45) is 0 Å². The third kappa shape index (κ3) is 4.15. The van der Waals surface area contributed by atoms with Crippen LogP contribution in [0.5, 0.6) is 0 Å². The van der Waals surface area contributed by atoms with Crippen LogP contribution in [0, 0.1) is 17.0 Å². The molecule has 22 heavy (non-hydrogen) atoms. The van der Waals surface area contributed by atoms with Crippen LogP contribution < -0.4 is 4.72 Å². The van der Waals surface area contributed by atoms with Crippen LogP contribution in [-0.4, -0.2) is 30.5 Å². The Morgan fingerprint density at radius 2 is 2.09 bits per heavy atom. The van der Waals surface area contributed by atoms with Gasteiger partial charge in [0.05, 0.1) is 14.8 Å². The Bertz CT molecular complexity index is 704. The van der Waals surface area contributed by atoms with Crippen molar-refractivity contribution < 1.29 is 23.2 Å². The molecule has 1 aromatic rings. The van der Waals surface area contributed by atoms with Gasteiger partial charge in [0.1, 0.15) is 6.04 Å². The lowest BCUT2D eigenvalue weighted by molar-refractivity contribution is -0.385. The Hall–Kier alpha value is -1.71. The Labute approximate surface area is 132 Å². The minimum atomic E-state index is -4.24. The third-order valence-corrected chi connectivity index (χ3v) is 4.81. The molecule has 0 aromatic heterocycles. The van der Waals surface area contributed by atoms with E-state index in [4.69, 9.17) is 16.7 Å². The van der Waals surface area contributed by atoms with Gasteiger partial charge in [-0.25, -0.2) is 8.42 Å². The van der Waals surface area contributed by atoms with Crippen LogP contribution in [0.3, 0.4) is 0 Å². The Morgan fingerprint density at radius 1 is 1.50 bits per heavy atom. The van der Waals surface area contributed by atoms with E-state index in [0.717, 1.165) is 12.1 Å². The molecule has 0 fully saturated rings. The van der Waals surface area contributed by atoms with Gasteiger partial charge >= 0.3 is 5.97 Å². The quantitative estimate of drug-likeness (QED) is 0.572. The number of hydrogen-bond acceptors (Lipinski definition) is 5. The fourth-order valence-corrected chi connectivity index (χ4v) is 3.31. The monoisotopic (exact) mass is 350 g/mol. The summed E-state index contributed by atoms with van der Waals surface area (Å²) in [5, 5.41) is 19.8. The van der Waals surface area contributed by atoms with E-state index in [9.17, 15) is 23.3 Å². The van der Waals surface area contributed by atoms with E-state index < -0.39 is 37.5 Å². The summed E-state index contributed by atoms with van der Waals surface area (Å²) in [6.45, 7) is 3.10. The Kier molecular flexibility index (Phi) is 5.86. The van der Waals surface area contributed by atoms with Crippen LogP contribution in [0.2, 0.25) is 5.02 Å². The first-order valence-corrected chi connectivity index (χ1v) is 8.16. The molecule has 0 saturated heterocycles. The highest BCUT2D eigenvalue weighted by Crippen LogP contribution is 2.29. The minimum absolute atomic E-state index is 0.0862. The standard InChI is InChI=1S/C12H15ClN2O6S/c1-3-4-10(12(16)17)14-22(20,21)8-5-9(13)7(2)11(6-8)15(18)19/h5-6,10,14H,3-4H2,1-2H3,(H,16,17). The van der Waals surface area contributed by atoms with E-state index in [1.165, 1.54) is 6.92 Å². The van der Waals surface area contributed by atoms with E-state index in [2.05, 4.69) is 0 Å². The summed E-state index contributed by atoms with van der Waals surface area (Å²) in [4.78, 5) is 20.8. The van der Waals surface area contributed by atoms with Crippen LogP contribution in [0.15, 0.2) is 17.0 Å². The number of nitrogens with one attached hydrogen (secondary N) is 1. The van der Waals surface area contributed by atoms with Gasteiger partial charge in [-0.1, -0.05) is 24.9 Å². The molecule has 1 unspecified atom stereocenters. The van der Waals surface area contributed by atoms with Crippen molar-refractivity contribution >= 4 is 33.3 Å². The summed E-state index contributed by atoms with van der Waals surface area (Å²) >= 11 is 5.82. The number of halogens is 1. The average Bonchev–Trinajstić information content (AvgIpc) is 2.40. The summed E-state index contributed by atoms with van der Waals surface area (Å²) in [5.74, 6) is -1.32. The van der Waals surface area contributed by atoms with Crippen LogP contribution in [-0.2, 0) is 14.8 Å². The second-order valence-corrected chi connectivity index (χ2v) is 6.73. The molecule has 122 valence electrons. The van der Waals surface area contributed by atoms with Crippen LogP contribution in [0.1, 0.15) is 25.3 Å². The normalized spacial score (nSPS) is 12.9. The van der Waals surface area contributed by atoms with Gasteiger partial charge in [0.15, 0.2) is 0 Å². The van der Waals surface area contributed by atoms with Gasteiger partial charge in [0, 0.05) is 11.6 Å². The molecule has 1 atom stereocenters. The maximum Gasteiger partial charge on any atom is 0.321 e. The molecule has 0 radical (unpaired) electrons. The minimum Gasteiger partial charge on any atom is -0.480 e. The third-order valence-electron chi connectivity index (χ3n) is 2.97. The zero-order chi connectivity index (χ0) is 17.1. The van der Waals surface area contributed by atoms with Gasteiger partial charge in [-0.05, 0) is 19.4 Å². The summed E-state index contributed by atoms with van der Waals surface area (Å²) in [6, 6.07) is 0.597. The number of aliphatic carboxylic acids is 1. The highest BCUT2D eigenvalue weighted by Gasteiger charge is 2.27. The SMILES string of the molecule is CCCC(NS(=O)(=O)c1cc(Cl)c(C)c([N+](=O)[O-])c1)C(=O)O. The molecule has 2 N–H and O–H groups in total. The maximum absolute atomic E-state index is 12.2. The van der Waals surface area contributed by atoms with E-state index in [1.54, 1.807) is 6.92 Å². The number of nitro benzene ring substituents is 1. The van der Waals surface area contributed by atoms with Crippen molar-refractivity contribution in [3.63, 3.8) is 0 Å². The lowest BCUT2D eigenvalue weighted by Gasteiger charge is -2.14. The molecular weight excluding hydrogens is 336 g/mol. The number of sulfonamides is 1. The molecule has 0 amide bonds. The molecule has 1 aromatic carbocycles. The Balaban J connectivity index is 3.28. The van der Waals surface area contributed by atoms with Crippen molar-refractivity contribution in [1.29, 1.82) is 0 Å². The van der Waals surface area contributed by atoms with Crippen molar-refractivity contribution in [3.05, 3.63) is 32.8 Å². The van der Waals surface area contributed by atoms with E-state index in [-0.39, 0.29) is 17.0 Å². The molecule has 0 bridgehead atoms. The van der Waals surface area contributed by atoms with E-state index in [1.807, 2.05) is 4.72 Å². The number of hydrogen-bond donors (Lipinski definition) is 2. The zero-order valence-electron chi connectivity index (χ0n) is 11.9. The molecule has 0 aliphatic heterocycles. The molecule has 8 nitrogen and oxygen atoms in total. The lowest BCUT2D eigenvalue weighted by Crippen LogP contribution is -2.40. The topological polar surface area (TPSA) is 127 Å². The van der Waals surface area contributed by atoms with Crippen molar-refractivity contribution in [2.45, 2.75) is 37.6 Å². The fourth-order valence-electron chi connectivity index (χ4n) is 1.76. The van der Waals surface area contributed by atoms with Gasteiger partial charge in [-0.2, -0.15) is 4.72 Å². The summed E-state index contributed by atoms with van der Waals surface area (Å²) in [7, 11) is -4.24. The first kappa shape index (κ1) is 18.3. The smallest absolute Gasteiger partial charge is 0.321 e. The van der Waals surface area contributed by atoms with Crippen molar-refractivity contribution in [1.82, 2.24) is 4.72 Å². The molecule has 0 heterocycles. The van der Waals surface area contributed by atoms with E-state index >= 15 is 0 Å². The number of carboxylic acids is 1. The second-order valence-electron chi connectivity index (χ2n) is 4.61. The number of nitrogens with zero attached hydrogens (tertiary/aromatic N) is 1. The highest BCUT2D eigenvalue weighted by atomic mass is 35.5. The number of carboxylic acid groups (broad SMARTS) is 1. The largest absolute Gasteiger partial charge is 0.480 e. The number of nitro groups is 1. The van der Waals surface area contributed by atoms with Crippen molar-refractivity contribution in [2.75, 3.05) is 0 Å². The predicted octanol–water partition coefficient (Wildman–Crippen LogP) is 2.09. The summed E-state index contributed by atoms with van der Waals surface area (Å²) in [6.07, 6.45) is 0.546. The van der Waals surface area contributed by atoms with E-state index in [0.29, 0.717) is 6.42 Å². The first-order chi connectivity index (χ1) is 10.1.